The van der Waals surface area contributed by atoms with Crippen LogP contribution in [0, 0.1) is 0 Å². The molecule has 0 aliphatic carbocycles. The van der Waals surface area contributed by atoms with E-state index in [-0.39, 0.29) is 23.9 Å². The van der Waals surface area contributed by atoms with Crippen molar-refractivity contribution in [3.05, 3.63) is 120 Å². The molecular weight excluding hydrogens is 598 g/mol. The van der Waals surface area contributed by atoms with E-state index < -0.39 is 21.8 Å². The third kappa shape index (κ3) is 5.25. The van der Waals surface area contributed by atoms with Crippen molar-refractivity contribution in [1.29, 1.82) is 0 Å². The molecule has 2 aliphatic rings. The van der Waals surface area contributed by atoms with Crippen LogP contribution in [-0.2, 0) is 10.0 Å². The van der Waals surface area contributed by atoms with Gasteiger partial charge in [0.05, 0.1) is 10.6 Å². The first kappa shape index (κ1) is 29.8. The molecule has 0 bridgehead atoms. The minimum Gasteiger partial charge on any atom is -0.306 e. The van der Waals surface area contributed by atoms with Crippen LogP contribution in [0.5, 0.6) is 0 Å². The largest absolute Gasteiger partial charge is 0.306 e. The Hall–Kier alpha value is -4.86. The van der Waals surface area contributed by atoms with Gasteiger partial charge in [-0.25, -0.2) is 8.42 Å². The van der Waals surface area contributed by atoms with E-state index in [1.807, 2.05) is 54.6 Å². The molecule has 9 heteroatoms. The fourth-order valence-electron chi connectivity index (χ4n) is 6.62. The molecule has 0 aromatic heterocycles. The fraction of sp³-hybridized carbons (Fsp3) is 0.216. The maximum atomic E-state index is 14.3. The lowest BCUT2D eigenvalue weighted by Gasteiger charge is -2.30. The number of hydrogen-bond acceptors (Lipinski definition) is 5. The lowest BCUT2D eigenvalue weighted by Crippen LogP contribution is -2.46. The second-order valence-corrected chi connectivity index (χ2v) is 13.7. The minimum atomic E-state index is -3.68. The van der Waals surface area contributed by atoms with E-state index in [0.29, 0.717) is 40.9 Å². The van der Waals surface area contributed by atoms with Gasteiger partial charge in [0.1, 0.15) is 0 Å². The highest BCUT2D eigenvalue weighted by molar-refractivity contribution is 7.89. The first-order valence-electron chi connectivity index (χ1n) is 15.6. The van der Waals surface area contributed by atoms with Gasteiger partial charge in [-0.15, -0.1) is 0 Å². The summed E-state index contributed by atoms with van der Waals surface area (Å²) in [6, 6.07) is 30.2. The predicted molar refractivity (Wildman–Crippen MR) is 179 cm³/mol. The first-order chi connectivity index (χ1) is 22.3. The zero-order valence-corrected chi connectivity index (χ0v) is 26.1. The Balaban J connectivity index is 1.21. The van der Waals surface area contributed by atoms with Crippen molar-refractivity contribution in [3.63, 3.8) is 0 Å². The molecule has 0 N–H and O–H groups in total. The number of rotatable bonds is 7. The lowest BCUT2D eigenvalue weighted by molar-refractivity contribution is 0.0611. The normalized spacial score (nSPS) is 15.7. The van der Waals surface area contributed by atoms with E-state index in [1.165, 1.54) is 21.3 Å². The molecule has 2 aliphatic heterocycles. The number of benzene rings is 5. The number of amides is 3. The number of carbonyl (C=O) groups excluding carboxylic acids is 3. The van der Waals surface area contributed by atoms with Crippen LogP contribution >= 0.6 is 0 Å². The van der Waals surface area contributed by atoms with Gasteiger partial charge in [0, 0.05) is 53.6 Å². The Bertz CT molecular complexity index is 2050. The molecule has 0 radical (unpaired) electrons. The average molecular weight is 632 g/mol. The van der Waals surface area contributed by atoms with E-state index in [0.717, 1.165) is 41.8 Å². The SMILES string of the molecule is O=C1c2cccc3cccc(c23)C(=O)N1CCN(C(=O)c1ccc(S(=O)(=O)N2CCCCCC2)cc1)c1cccc2ccccc12. The summed E-state index contributed by atoms with van der Waals surface area (Å²) in [5.41, 5.74) is 1.84. The van der Waals surface area contributed by atoms with Gasteiger partial charge >= 0.3 is 0 Å². The Kier molecular flexibility index (Phi) is 7.88. The van der Waals surface area contributed by atoms with Crippen molar-refractivity contribution < 1.29 is 22.8 Å². The van der Waals surface area contributed by atoms with Crippen LogP contribution in [0.3, 0.4) is 0 Å². The maximum Gasteiger partial charge on any atom is 0.261 e. The molecule has 5 aromatic rings. The third-order valence-electron chi connectivity index (χ3n) is 9.01. The van der Waals surface area contributed by atoms with E-state index in [9.17, 15) is 22.8 Å². The van der Waals surface area contributed by atoms with Crippen molar-refractivity contribution in [1.82, 2.24) is 9.21 Å². The number of nitrogens with zero attached hydrogens (tertiary/aromatic N) is 3. The van der Waals surface area contributed by atoms with E-state index in [2.05, 4.69) is 0 Å². The number of sulfonamides is 1. The summed E-state index contributed by atoms with van der Waals surface area (Å²) >= 11 is 0. The number of imide groups is 1. The van der Waals surface area contributed by atoms with Crippen LogP contribution < -0.4 is 4.90 Å². The molecule has 0 saturated carbocycles. The van der Waals surface area contributed by atoms with Gasteiger partial charge in [0.2, 0.25) is 10.0 Å². The molecule has 3 amide bonds. The molecule has 5 aromatic carbocycles. The Morgan fingerprint density at radius 2 is 1.26 bits per heavy atom. The number of hydrogen-bond donors (Lipinski definition) is 0. The molecule has 0 unspecified atom stereocenters. The van der Waals surface area contributed by atoms with Gasteiger partial charge in [0.25, 0.3) is 17.7 Å². The summed E-state index contributed by atoms with van der Waals surface area (Å²) in [5, 5.41) is 3.24. The zero-order chi connectivity index (χ0) is 31.8. The van der Waals surface area contributed by atoms with Gasteiger partial charge in [-0.2, -0.15) is 4.31 Å². The van der Waals surface area contributed by atoms with Crippen LogP contribution in [0.1, 0.15) is 56.8 Å². The van der Waals surface area contributed by atoms with E-state index >= 15 is 0 Å². The highest BCUT2D eigenvalue weighted by atomic mass is 32.2. The second-order valence-electron chi connectivity index (χ2n) is 11.8. The van der Waals surface area contributed by atoms with E-state index in [1.54, 1.807) is 41.3 Å². The standard InChI is InChI=1S/C37H33N3O5S/c41-35(28-18-20-29(21-19-28)46(44,45)38-22-5-1-2-6-23-38)39(33-17-9-11-26-10-3-4-14-30(26)33)24-25-40-36(42)31-15-7-12-27-13-8-16-32(34(27)31)37(40)43/h3-4,7-21H,1-2,5-6,22-25H2. The highest BCUT2D eigenvalue weighted by Crippen LogP contribution is 2.32. The smallest absolute Gasteiger partial charge is 0.261 e. The quantitative estimate of drug-likeness (QED) is 0.191. The first-order valence-corrected chi connectivity index (χ1v) is 17.1. The Labute approximate surface area is 267 Å². The molecule has 2 heterocycles. The summed E-state index contributed by atoms with van der Waals surface area (Å²) in [6.07, 6.45) is 3.69. The number of carbonyl (C=O) groups is 3. The van der Waals surface area contributed by atoms with Gasteiger partial charge in [-0.1, -0.05) is 73.5 Å². The average Bonchev–Trinajstić information content (AvgIpc) is 3.39. The van der Waals surface area contributed by atoms with Crippen molar-refractivity contribution in [2.24, 2.45) is 0 Å². The van der Waals surface area contributed by atoms with Crippen molar-refractivity contribution in [3.8, 4) is 0 Å². The van der Waals surface area contributed by atoms with Gasteiger partial charge < -0.3 is 4.90 Å². The summed E-state index contributed by atoms with van der Waals surface area (Å²) in [7, 11) is -3.68. The molecule has 46 heavy (non-hydrogen) atoms. The molecule has 8 nitrogen and oxygen atoms in total. The number of anilines is 1. The van der Waals surface area contributed by atoms with Crippen LogP contribution in [-0.4, -0.2) is 61.5 Å². The topological polar surface area (TPSA) is 95.1 Å². The summed E-state index contributed by atoms with van der Waals surface area (Å²) in [4.78, 5) is 44.5. The molecule has 1 saturated heterocycles. The zero-order valence-electron chi connectivity index (χ0n) is 25.3. The number of fused-ring (bicyclic) bond motifs is 1. The molecule has 0 atom stereocenters. The lowest BCUT2D eigenvalue weighted by atomic mass is 9.94. The second kappa shape index (κ2) is 12.2. The monoisotopic (exact) mass is 631 g/mol. The summed E-state index contributed by atoms with van der Waals surface area (Å²) in [6.45, 7) is 0.991. The Morgan fingerprint density at radius 3 is 1.93 bits per heavy atom. The predicted octanol–water partition coefficient (Wildman–Crippen LogP) is 6.50. The van der Waals surface area contributed by atoms with Crippen LogP contribution in [0.25, 0.3) is 21.5 Å². The summed E-state index contributed by atoms with van der Waals surface area (Å²) < 4.78 is 28.3. The third-order valence-corrected chi connectivity index (χ3v) is 10.9. The molecule has 7 rings (SSSR count). The van der Waals surface area contributed by atoms with Crippen LogP contribution in [0.2, 0.25) is 0 Å². The van der Waals surface area contributed by atoms with Gasteiger partial charge in [0.15, 0.2) is 0 Å². The Morgan fingerprint density at radius 1 is 0.674 bits per heavy atom. The molecule has 232 valence electrons. The van der Waals surface area contributed by atoms with Crippen LogP contribution in [0.4, 0.5) is 5.69 Å². The van der Waals surface area contributed by atoms with Crippen molar-refractivity contribution >= 4 is 55.0 Å². The van der Waals surface area contributed by atoms with Crippen molar-refractivity contribution in [2.75, 3.05) is 31.1 Å². The summed E-state index contributed by atoms with van der Waals surface area (Å²) in [5.74, 6) is -1.17. The fourth-order valence-corrected chi connectivity index (χ4v) is 8.13. The minimum absolute atomic E-state index is 0.0290. The molecular formula is C37H33N3O5S. The van der Waals surface area contributed by atoms with Crippen LogP contribution in [0.15, 0.2) is 108 Å². The van der Waals surface area contributed by atoms with Gasteiger partial charge in [-0.05, 0) is 66.1 Å². The maximum absolute atomic E-state index is 14.3. The molecule has 1 fully saturated rings. The highest BCUT2D eigenvalue weighted by Gasteiger charge is 2.34. The van der Waals surface area contributed by atoms with Gasteiger partial charge in [-0.3, -0.25) is 19.3 Å². The van der Waals surface area contributed by atoms with E-state index in [4.69, 9.17) is 0 Å². The molecule has 0 spiro atoms. The van der Waals surface area contributed by atoms with Crippen molar-refractivity contribution in [2.45, 2.75) is 30.6 Å².